The van der Waals surface area contributed by atoms with Crippen LogP contribution >= 0.6 is 23.4 Å². The van der Waals surface area contributed by atoms with Crippen molar-refractivity contribution in [2.24, 2.45) is 0 Å². The highest BCUT2D eigenvalue weighted by Gasteiger charge is 2.37. The van der Waals surface area contributed by atoms with Crippen LogP contribution in [-0.4, -0.2) is 28.5 Å². The van der Waals surface area contributed by atoms with Crippen molar-refractivity contribution in [1.82, 2.24) is 4.90 Å². The molecule has 0 radical (unpaired) electrons. The number of carbonyl (C=O) groups excluding carboxylic acids is 3. The van der Waals surface area contributed by atoms with Gasteiger partial charge in [0.1, 0.15) is 6.54 Å². The number of benzene rings is 1. The third-order valence-corrected chi connectivity index (χ3v) is 4.67. The molecular weight excluding hydrogens is 381 g/mol. The van der Waals surface area contributed by atoms with Gasteiger partial charge in [-0.1, -0.05) is 17.2 Å². The summed E-state index contributed by atoms with van der Waals surface area (Å²) < 4.78 is 38.4. The summed E-state index contributed by atoms with van der Waals surface area (Å²) in [5.41, 5.74) is -0.600. The maximum Gasteiger partial charge on any atom is 0.417 e. The fourth-order valence-corrected chi connectivity index (χ4v) is 3.07. The molecule has 1 aromatic rings. The molecule has 1 fully saturated rings. The van der Waals surface area contributed by atoms with Crippen molar-refractivity contribution in [3.8, 4) is 0 Å². The van der Waals surface area contributed by atoms with Gasteiger partial charge in [-0.15, -0.1) is 0 Å². The number of allylic oxidation sites excluding steroid dienone is 1. The molecule has 1 aliphatic rings. The second-order valence-corrected chi connectivity index (χ2v) is 6.70. The summed E-state index contributed by atoms with van der Waals surface area (Å²) in [7, 11) is 0. The molecule has 0 saturated carbocycles. The van der Waals surface area contributed by atoms with Crippen LogP contribution in [0.3, 0.4) is 0 Å². The topological polar surface area (TPSA) is 66.5 Å². The van der Waals surface area contributed by atoms with Crippen molar-refractivity contribution in [3.63, 3.8) is 0 Å². The summed E-state index contributed by atoms with van der Waals surface area (Å²) in [4.78, 5) is 36.8. The lowest BCUT2D eigenvalue weighted by molar-refractivity contribution is -0.137. The first-order valence-corrected chi connectivity index (χ1v) is 8.08. The van der Waals surface area contributed by atoms with Crippen molar-refractivity contribution < 1.29 is 27.6 Å². The maximum absolute atomic E-state index is 12.8. The first-order chi connectivity index (χ1) is 11.5. The van der Waals surface area contributed by atoms with E-state index in [1.807, 2.05) is 0 Å². The molecule has 0 atom stereocenters. The highest BCUT2D eigenvalue weighted by molar-refractivity contribution is 8.18. The molecule has 5 nitrogen and oxygen atoms in total. The summed E-state index contributed by atoms with van der Waals surface area (Å²) in [6.07, 6.45) is -4.67. The number of amides is 3. The summed E-state index contributed by atoms with van der Waals surface area (Å²) in [6.45, 7) is 2.72. The predicted octanol–water partition coefficient (Wildman–Crippen LogP) is 4.29. The van der Waals surface area contributed by atoms with E-state index in [9.17, 15) is 27.6 Å². The van der Waals surface area contributed by atoms with E-state index in [-0.39, 0.29) is 10.6 Å². The van der Waals surface area contributed by atoms with Crippen LogP contribution in [0.4, 0.5) is 23.7 Å². The van der Waals surface area contributed by atoms with Crippen molar-refractivity contribution >= 4 is 46.1 Å². The minimum atomic E-state index is -4.67. The third kappa shape index (κ3) is 4.35. The Morgan fingerprint density at radius 1 is 1.28 bits per heavy atom. The number of hydrogen-bond acceptors (Lipinski definition) is 4. The van der Waals surface area contributed by atoms with Crippen molar-refractivity contribution in [2.45, 2.75) is 20.0 Å². The van der Waals surface area contributed by atoms with Gasteiger partial charge in [0.2, 0.25) is 5.91 Å². The molecule has 0 aromatic heterocycles. The number of nitrogens with one attached hydrogen (secondary N) is 1. The number of anilines is 1. The van der Waals surface area contributed by atoms with E-state index in [1.165, 1.54) is 6.07 Å². The van der Waals surface area contributed by atoms with Crippen LogP contribution in [-0.2, 0) is 15.8 Å². The Hall–Kier alpha value is -2.00. The van der Waals surface area contributed by atoms with E-state index in [2.05, 4.69) is 5.32 Å². The average molecular weight is 393 g/mol. The fourth-order valence-electron chi connectivity index (χ4n) is 2.01. The maximum atomic E-state index is 12.8. The van der Waals surface area contributed by atoms with Crippen LogP contribution in [0.2, 0.25) is 5.02 Å². The van der Waals surface area contributed by atoms with Crippen molar-refractivity contribution in [3.05, 3.63) is 39.3 Å². The molecule has 134 valence electrons. The Bertz CT molecular complexity index is 789. The SMILES string of the molecule is CC(C)=C1SC(=O)N(CC(=O)Nc2ccc(Cl)c(C(F)(F)F)c2)C1=O. The van der Waals surface area contributed by atoms with Gasteiger partial charge < -0.3 is 5.32 Å². The van der Waals surface area contributed by atoms with Crippen LogP contribution in [0.1, 0.15) is 19.4 Å². The predicted molar refractivity (Wildman–Crippen MR) is 88.2 cm³/mol. The highest BCUT2D eigenvalue weighted by atomic mass is 35.5. The number of rotatable bonds is 3. The molecule has 1 saturated heterocycles. The lowest BCUT2D eigenvalue weighted by Gasteiger charge is -2.14. The number of carbonyl (C=O) groups is 3. The molecule has 1 aromatic carbocycles. The Kier molecular flexibility index (Phi) is 5.48. The number of imide groups is 1. The van der Waals surface area contributed by atoms with Gasteiger partial charge in [-0.2, -0.15) is 13.2 Å². The molecule has 10 heteroatoms. The van der Waals surface area contributed by atoms with Gasteiger partial charge in [0.15, 0.2) is 0 Å². The Morgan fingerprint density at radius 3 is 2.44 bits per heavy atom. The number of halogens is 4. The molecule has 1 heterocycles. The van der Waals surface area contributed by atoms with E-state index in [1.54, 1.807) is 13.8 Å². The summed E-state index contributed by atoms with van der Waals surface area (Å²) in [5, 5.41) is 1.12. The highest BCUT2D eigenvalue weighted by Crippen LogP contribution is 2.36. The van der Waals surface area contributed by atoms with Gasteiger partial charge in [0.25, 0.3) is 11.1 Å². The second-order valence-electron chi connectivity index (χ2n) is 5.33. The van der Waals surface area contributed by atoms with Gasteiger partial charge >= 0.3 is 6.18 Å². The standard InChI is InChI=1S/C15H12ClF3N2O3S/c1-7(2)12-13(23)21(14(24)25-12)6-11(22)20-8-3-4-10(16)9(5-8)15(17,18)19/h3-5H,6H2,1-2H3,(H,20,22). The molecule has 2 rings (SSSR count). The van der Waals surface area contributed by atoms with Gasteiger partial charge in [-0.05, 0) is 43.8 Å². The van der Waals surface area contributed by atoms with Gasteiger partial charge in [-0.3, -0.25) is 19.3 Å². The monoisotopic (exact) mass is 392 g/mol. The van der Waals surface area contributed by atoms with Crippen LogP contribution < -0.4 is 5.32 Å². The number of thioether (sulfide) groups is 1. The molecule has 25 heavy (non-hydrogen) atoms. The average Bonchev–Trinajstić information content (AvgIpc) is 2.76. The minimum absolute atomic E-state index is 0.143. The van der Waals surface area contributed by atoms with Crippen molar-refractivity contribution in [1.29, 1.82) is 0 Å². The fraction of sp³-hybridized carbons (Fsp3) is 0.267. The molecule has 0 spiro atoms. The Balaban J connectivity index is 2.13. The number of alkyl halides is 3. The zero-order valence-corrected chi connectivity index (χ0v) is 14.6. The molecule has 1 N–H and O–H groups in total. The van der Waals surface area contributed by atoms with E-state index < -0.39 is 40.4 Å². The van der Waals surface area contributed by atoms with Gasteiger partial charge in [0.05, 0.1) is 15.5 Å². The van der Waals surface area contributed by atoms with Crippen LogP contribution in [0.15, 0.2) is 28.7 Å². The summed E-state index contributed by atoms with van der Waals surface area (Å²) in [6, 6.07) is 2.88. The summed E-state index contributed by atoms with van der Waals surface area (Å²) >= 11 is 6.22. The number of nitrogens with zero attached hydrogens (tertiary/aromatic N) is 1. The lowest BCUT2D eigenvalue weighted by Crippen LogP contribution is -2.36. The Morgan fingerprint density at radius 2 is 1.92 bits per heavy atom. The van der Waals surface area contributed by atoms with Crippen LogP contribution in [0.25, 0.3) is 0 Å². The van der Waals surface area contributed by atoms with E-state index in [4.69, 9.17) is 11.6 Å². The quantitative estimate of drug-likeness (QED) is 0.779. The largest absolute Gasteiger partial charge is 0.417 e. The van der Waals surface area contributed by atoms with E-state index >= 15 is 0 Å². The normalized spacial score (nSPS) is 15.0. The zero-order valence-electron chi connectivity index (χ0n) is 13.0. The third-order valence-electron chi connectivity index (χ3n) is 3.16. The molecule has 1 aliphatic heterocycles. The molecular formula is C15H12ClF3N2O3S. The molecule has 0 bridgehead atoms. The number of hydrogen-bond donors (Lipinski definition) is 1. The molecule has 0 aliphatic carbocycles. The van der Waals surface area contributed by atoms with E-state index in [0.717, 1.165) is 11.0 Å². The van der Waals surface area contributed by atoms with Crippen molar-refractivity contribution in [2.75, 3.05) is 11.9 Å². The summed E-state index contributed by atoms with van der Waals surface area (Å²) in [5.74, 6) is -1.40. The van der Waals surface area contributed by atoms with E-state index in [0.29, 0.717) is 23.4 Å². The first-order valence-electron chi connectivity index (χ1n) is 6.88. The zero-order chi connectivity index (χ0) is 18.9. The van der Waals surface area contributed by atoms with Gasteiger partial charge in [-0.25, -0.2) is 0 Å². The minimum Gasteiger partial charge on any atom is -0.325 e. The van der Waals surface area contributed by atoms with Crippen LogP contribution in [0, 0.1) is 0 Å². The Labute approximate surface area is 150 Å². The first kappa shape index (κ1) is 19.3. The lowest BCUT2D eigenvalue weighted by atomic mass is 10.2. The molecule has 0 unspecified atom stereocenters. The second kappa shape index (κ2) is 7.09. The molecule has 3 amide bonds. The van der Waals surface area contributed by atoms with Gasteiger partial charge in [0, 0.05) is 5.69 Å². The smallest absolute Gasteiger partial charge is 0.325 e. The van der Waals surface area contributed by atoms with Crippen LogP contribution in [0.5, 0.6) is 0 Å².